The summed E-state index contributed by atoms with van der Waals surface area (Å²) in [5.74, 6) is 0.139. The molecule has 0 atom stereocenters. The van der Waals surface area contributed by atoms with Crippen LogP contribution in [0.2, 0.25) is 0 Å². The van der Waals surface area contributed by atoms with Crippen molar-refractivity contribution in [1.29, 1.82) is 0 Å². The molecular weight excluding hydrogens is 337 g/mol. The topological polar surface area (TPSA) is 98.2 Å². The number of rotatable bonds is 5. The number of anilines is 1. The first-order chi connectivity index (χ1) is 11.4. The lowest BCUT2D eigenvalue weighted by Gasteiger charge is -2.06. The highest BCUT2D eigenvalue weighted by Crippen LogP contribution is 2.25. The average molecular weight is 351 g/mol. The number of nitrogens with one attached hydrogen (secondary N) is 1. The summed E-state index contributed by atoms with van der Waals surface area (Å²) in [6, 6.07) is 6.72. The molecule has 9 heteroatoms. The summed E-state index contributed by atoms with van der Waals surface area (Å²) < 4.78 is 51.0. The third kappa shape index (κ3) is 3.16. The lowest BCUT2D eigenvalue weighted by molar-refractivity contribution is 0.436. The van der Waals surface area contributed by atoms with Crippen molar-refractivity contribution < 1.29 is 21.6 Å². The molecule has 0 amide bonds. The molecule has 126 valence electrons. The van der Waals surface area contributed by atoms with Crippen molar-refractivity contribution in [3.05, 3.63) is 47.6 Å². The van der Waals surface area contributed by atoms with E-state index >= 15 is 0 Å². The van der Waals surface area contributed by atoms with E-state index in [2.05, 4.69) is 14.9 Å². The molecule has 0 saturated heterocycles. The molecule has 0 aliphatic heterocycles. The SMILES string of the molecule is CCc1nnc(-c2ccc(S(=O)(=O)Nc3ccc(C)c(F)c3)o2)o1. The summed E-state index contributed by atoms with van der Waals surface area (Å²) in [5.41, 5.74) is 0.517. The van der Waals surface area contributed by atoms with E-state index in [0.717, 1.165) is 6.07 Å². The van der Waals surface area contributed by atoms with Gasteiger partial charge in [0.15, 0.2) is 5.76 Å². The highest BCUT2D eigenvalue weighted by atomic mass is 32.2. The highest BCUT2D eigenvalue weighted by Gasteiger charge is 2.21. The smallest absolute Gasteiger partial charge is 0.295 e. The van der Waals surface area contributed by atoms with Gasteiger partial charge >= 0.3 is 0 Å². The molecule has 0 radical (unpaired) electrons. The van der Waals surface area contributed by atoms with Gasteiger partial charge in [-0.2, -0.15) is 8.42 Å². The van der Waals surface area contributed by atoms with Crippen molar-refractivity contribution in [1.82, 2.24) is 10.2 Å². The number of furan rings is 1. The van der Waals surface area contributed by atoms with Crippen LogP contribution in [0.15, 0.2) is 44.3 Å². The van der Waals surface area contributed by atoms with Crippen molar-refractivity contribution in [3.63, 3.8) is 0 Å². The first-order valence-corrected chi connectivity index (χ1v) is 8.59. The van der Waals surface area contributed by atoms with E-state index in [9.17, 15) is 12.8 Å². The van der Waals surface area contributed by atoms with Gasteiger partial charge in [0.25, 0.3) is 15.9 Å². The summed E-state index contributed by atoms with van der Waals surface area (Å²) in [6.07, 6.45) is 0.555. The van der Waals surface area contributed by atoms with Crippen LogP contribution >= 0.6 is 0 Å². The van der Waals surface area contributed by atoms with Gasteiger partial charge < -0.3 is 8.83 Å². The van der Waals surface area contributed by atoms with Crippen LogP contribution in [0.25, 0.3) is 11.7 Å². The quantitative estimate of drug-likeness (QED) is 0.758. The fourth-order valence-electron chi connectivity index (χ4n) is 1.94. The molecule has 24 heavy (non-hydrogen) atoms. The molecule has 0 unspecified atom stereocenters. The molecule has 7 nitrogen and oxygen atoms in total. The van der Waals surface area contributed by atoms with Gasteiger partial charge in [-0.15, -0.1) is 10.2 Å². The number of sulfonamides is 1. The highest BCUT2D eigenvalue weighted by molar-refractivity contribution is 7.92. The maximum absolute atomic E-state index is 13.5. The number of hydrogen-bond acceptors (Lipinski definition) is 6. The predicted octanol–water partition coefficient (Wildman–Crippen LogP) is 3.14. The number of nitrogens with zero attached hydrogens (tertiary/aromatic N) is 2. The van der Waals surface area contributed by atoms with Crippen LogP contribution in [-0.2, 0) is 16.4 Å². The molecule has 2 aromatic heterocycles. The second-order valence-corrected chi connectivity index (χ2v) is 6.66. The second kappa shape index (κ2) is 6.08. The molecule has 0 bridgehead atoms. The third-order valence-corrected chi connectivity index (χ3v) is 4.50. The minimum absolute atomic E-state index is 0.0923. The lowest BCUT2D eigenvalue weighted by atomic mass is 10.2. The number of hydrogen-bond donors (Lipinski definition) is 1. The maximum atomic E-state index is 13.5. The van der Waals surface area contributed by atoms with Crippen LogP contribution in [0.1, 0.15) is 18.4 Å². The first kappa shape index (κ1) is 16.2. The Morgan fingerprint density at radius 1 is 1.17 bits per heavy atom. The lowest BCUT2D eigenvalue weighted by Crippen LogP contribution is -2.12. The molecular formula is C15H14FN3O4S. The molecule has 2 heterocycles. The largest absolute Gasteiger partial charge is 0.438 e. The van der Waals surface area contributed by atoms with Crippen molar-refractivity contribution >= 4 is 15.7 Å². The van der Waals surface area contributed by atoms with Gasteiger partial charge in [-0.25, -0.2) is 4.39 Å². The number of benzene rings is 1. The maximum Gasteiger partial charge on any atom is 0.295 e. The van der Waals surface area contributed by atoms with Crippen LogP contribution in [0, 0.1) is 12.7 Å². The molecule has 0 spiro atoms. The number of halogens is 1. The van der Waals surface area contributed by atoms with E-state index in [4.69, 9.17) is 8.83 Å². The zero-order valence-corrected chi connectivity index (χ0v) is 13.7. The monoisotopic (exact) mass is 351 g/mol. The summed E-state index contributed by atoms with van der Waals surface area (Å²) in [7, 11) is -4.00. The predicted molar refractivity (Wildman–Crippen MR) is 83.3 cm³/mol. The Balaban J connectivity index is 1.86. The molecule has 0 saturated carbocycles. The van der Waals surface area contributed by atoms with Gasteiger partial charge in [0.1, 0.15) is 5.82 Å². The standard InChI is InChI=1S/C15H14FN3O4S/c1-3-13-17-18-15(23-13)12-6-7-14(22-12)24(20,21)19-10-5-4-9(2)11(16)8-10/h4-8,19H,3H2,1-2H3. The van der Waals surface area contributed by atoms with Crippen LogP contribution in [0.4, 0.5) is 10.1 Å². The zero-order valence-electron chi connectivity index (χ0n) is 12.9. The first-order valence-electron chi connectivity index (χ1n) is 7.10. The van der Waals surface area contributed by atoms with E-state index in [1.54, 1.807) is 6.92 Å². The Bertz CT molecular complexity index is 978. The van der Waals surface area contributed by atoms with Crippen molar-refractivity contribution in [2.75, 3.05) is 4.72 Å². The second-order valence-electron chi connectivity index (χ2n) is 5.04. The van der Waals surface area contributed by atoms with Gasteiger partial charge in [-0.3, -0.25) is 4.72 Å². The van der Waals surface area contributed by atoms with Crippen molar-refractivity contribution in [2.45, 2.75) is 25.4 Å². The van der Waals surface area contributed by atoms with Crippen molar-refractivity contribution in [2.24, 2.45) is 0 Å². The Labute approximate surface area is 137 Å². The minimum atomic E-state index is -4.00. The molecule has 0 aliphatic carbocycles. The van der Waals surface area contributed by atoms with Gasteiger partial charge in [0.05, 0.1) is 5.69 Å². The fraction of sp³-hybridized carbons (Fsp3) is 0.200. The van der Waals surface area contributed by atoms with Gasteiger partial charge in [0, 0.05) is 6.42 Å². The minimum Gasteiger partial charge on any atom is -0.438 e. The molecule has 1 N–H and O–H groups in total. The zero-order chi connectivity index (χ0) is 17.3. The summed E-state index contributed by atoms with van der Waals surface area (Å²) >= 11 is 0. The van der Waals surface area contributed by atoms with E-state index in [1.165, 1.54) is 24.3 Å². The molecule has 3 aromatic rings. The summed E-state index contributed by atoms with van der Waals surface area (Å²) in [4.78, 5) is 0. The van der Waals surface area contributed by atoms with Gasteiger partial charge in [-0.1, -0.05) is 13.0 Å². The Hall–Kier alpha value is -2.68. The van der Waals surface area contributed by atoms with E-state index in [0.29, 0.717) is 17.9 Å². The molecule has 0 aliphatic rings. The van der Waals surface area contributed by atoms with E-state index < -0.39 is 15.8 Å². The van der Waals surface area contributed by atoms with Gasteiger partial charge in [0.2, 0.25) is 11.0 Å². The third-order valence-electron chi connectivity index (χ3n) is 3.25. The Morgan fingerprint density at radius 2 is 1.96 bits per heavy atom. The van der Waals surface area contributed by atoms with Crippen LogP contribution in [0.5, 0.6) is 0 Å². The number of aryl methyl sites for hydroxylation is 2. The molecule has 3 rings (SSSR count). The fourth-order valence-corrected chi connectivity index (χ4v) is 2.92. The van der Waals surface area contributed by atoms with Crippen LogP contribution < -0.4 is 4.72 Å². The Morgan fingerprint density at radius 3 is 2.62 bits per heavy atom. The van der Waals surface area contributed by atoms with Gasteiger partial charge in [-0.05, 0) is 36.8 Å². The Kier molecular flexibility index (Phi) is 4.10. The van der Waals surface area contributed by atoms with Crippen molar-refractivity contribution in [3.8, 4) is 11.7 Å². The summed E-state index contributed by atoms with van der Waals surface area (Å²) in [5, 5.41) is 7.23. The van der Waals surface area contributed by atoms with Crippen LogP contribution in [0.3, 0.4) is 0 Å². The van der Waals surface area contributed by atoms with E-state index in [-0.39, 0.29) is 22.4 Å². The number of aromatic nitrogens is 2. The van der Waals surface area contributed by atoms with Crippen LogP contribution in [-0.4, -0.2) is 18.6 Å². The normalized spacial score (nSPS) is 11.6. The molecule has 0 fully saturated rings. The van der Waals surface area contributed by atoms with E-state index in [1.807, 2.05) is 6.92 Å². The molecule has 1 aromatic carbocycles. The summed E-state index contributed by atoms with van der Waals surface area (Å²) in [6.45, 7) is 3.43. The average Bonchev–Trinajstić information content (AvgIpc) is 3.19.